The first kappa shape index (κ1) is 17.6. The number of allylic oxidation sites excluding steroid dienone is 5. The maximum atomic E-state index is 11.8. The van der Waals surface area contributed by atoms with E-state index in [0.717, 1.165) is 5.57 Å². The lowest BCUT2D eigenvalue weighted by atomic mass is 9.74. The van der Waals surface area contributed by atoms with Crippen LogP contribution in [0.25, 0.3) is 0 Å². The summed E-state index contributed by atoms with van der Waals surface area (Å²) in [6.07, 6.45) is 7.77. The standard InChI is InChI=1S/C15H20O2.C2H6/c1-5-6-7-11(2)8-13-10-15(4,17)12(3)9-14(13)16;1-2/h5-8,12,17H,1-2,9-10H2,3-4H3;1-2H3/b7-6-,13-8+;. The van der Waals surface area contributed by atoms with Gasteiger partial charge in [-0.2, -0.15) is 0 Å². The van der Waals surface area contributed by atoms with Gasteiger partial charge in [-0.05, 0) is 30.1 Å². The minimum absolute atomic E-state index is 0.00383. The molecule has 1 fully saturated rings. The Kier molecular flexibility index (Phi) is 7.32. The first-order valence-electron chi connectivity index (χ1n) is 6.81. The molecule has 1 aliphatic carbocycles. The topological polar surface area (TPSA) is 37.3 Å². The molecule has 0 bridgehead atoms. The maximum absolute atomic E-state index is 11.8. The number of rotatable bonds is 3. The van der Waals surface area contributed by atoms with Gasteiger partial charge >= 0.3 is 0 Å². The maximum Gasteiger partial charge on any atom is 0.159 e. The first-order valence-corrected chi connectivity index (χ1v) is 6.81. The number of ketones is 1. The van der Waals surface area contributed by atoms with Gasteiger partial charge in [0.25, 0.3) is 0 Å². The van der Waals surface area contributed by atoms with Gasteiger partial charge in [-0.25, -0.2) is 0 Å². The molecule has 106 valence electrons. The fraction of sp³-hybridized carbons (Fsp3) is 0.471. The molecule has 2 unspecified atom stereocenters. The van der Waals surface area contributed by atoms with Crippen molar-refractivity contribution < 1.29 is 9.90 Å². The van der Waals surface area contributed by atoms with Crippen molar-refractivity contribution in [2.75, 3.05) is 0 Å². The molecule has 2 nitrogen and oxygen atoms in total. The van der Waals surface area contributed by atoms with Crippen molar-refractivity contribution in [2.24, 2.45) is 5.92 Å². The molecule has 1 N–H and O–H groups in total. The van der Waals surface area contributed by atoms with E-state index in [1.165, 1.54) is 0 Å². The van der Waals surface area contributed by atoms with E-state index in [-0.39, 0.29) is 11.7 Å². The minimum atomic E-state index is -0.803. The molecule has 0 aromatic heterocycles. The van der Waals surface area contributed by atoms with Crippen molar-refractivity contribution in [3.63, 3.8) is 0 Å². The summed E-state index contributed by atoms with van der Waals surface area (Å²) < 4.78 is 0. The predicted molar refractivity (Wildman–Crippen MR) is 81.9 cm³/mol. The summed E-state index contributed by atoms with van der Waals surface area (Å²) in [6, 6.07) is 0. The molecular formula is C17H26O2. The van der Waals surface area contributed by atoms with Gasteiger partial charge in [0.1, 0.15) is 0 Å². The summed E-state index contributed by atoms with van der Waals surface area (Å²) in [4.78, 5) is 11.8. The number of Topliss-reactive ketones (excluding diaryl/α,β-unsaturated/α-hetero) is 1. The second-order valence-electron chi connectivity index (χ2n) is 4.90. The largest absolute Gasteiger partial charge is 0.390 e. The third kappa shape index (κ3) is 5.39. The van der Waals surface area contributed by atoms with Gasteiger partial charge in [0.2, 0.25) is 0 Å². The van der Waals surface area contributed by atoms with E-state index in [9.17, 15) is 9.90 Å². The highest BCUT2D eigenvalue weighted by Gasteiger charge is 2.37. The summed E-state index contributed by atoms with van der Waals surface area (Å²) >= 11 is 0. The molecule has 0 saturated heterocycles. The van der Waals surface area contributed by atoms with Crippen molar-refractivity contribution >= 4 is 5.78 Å². The van der Waals surface area contributed by atoms with E-state index < -0.39 is 5.60 Å². The van der Waals surface area contributed by atoms with Crippen molar-refractivity contribution in [1.29, 1.82) is 0 Å². The Morgan fingerprint density at radius 3 is 2.58 bits per heavy atom. The molecule has 0 spiro atoms. The second kappa shape index (κ2) is 7.90. The van der Waals surface area contributed by atoms with E-state index in [4.69, 9.17) is 0 Å². The quantitative estimate of drug-likeness (QED) is 0.617. The lowest BCUT2D eigenvalue weighted by Gasteiger charge is -2.35. The highest BCUT2D eigenvalue weighted by Crippen LogP contribution is 2.34. The van der Waals surface area contributed by atoms with Crippen LogP contribution >= 0.6 is 0 Å². The summed E-state index contributed by atoms with van der Waals surface area (Å²) in [5.41, 5.74) is 0.604. The van der Waals surface area contributed by atoms with Crippen LogP contribution in [0, 0.1) is 5.92 Å². The molecule has 1 saturated carbocycles. The van der Waals surface area contributed by atoms with Crippen molar-refractivity contribution in [3.05, 3.63) is 48.6 Å². The predicted octanol–water partition coefficient (Wildman–Crippen LogP) is 3.99. The Morgan fingerprint density at radius 2 is 2.05 bits per heavy atom. The van der Waals surface area contributed by atoms with E-state index >= 15 is 0 Å². The van der Waals surface area contributed by atoms with Crippen LogP contribution in [0.2, 0.25) is 0 Å². The zero-order valence-electron chi connectivity index (χ0n) is 12.6. The van der Waals surface area contributed by atoms with E-state index in [1.807, 2.05) is 20.8 Å². The highest BCUT2D eigenvalue weighted by molar-refractivity contribution is 5.97. The number of hydrogen-bond acceptors (Lipinski definition) is 2. The van der Waals surface area contributed by atoms with Crippen LogP contribution in [0.4, 0.5) is 0 Å². The monoisotopic (exact) mass is 262 g/mol. The van der Waals surface area contributed by atoms with Gasteiger partial charge in [0.15, 0.2) is 5.78 Å². The fourth-order valence-corrected chi connectivity index (χ4v) is 1.88. The Balaban J connectivity index is 0.00000154. The number of aliphatic hydroxyl groups is 1. The lowest BCUT2D eigenvalue weighted by Crippen LogP contribution is -2.40. The molecule has 0 heterocycles. The Morgan fingerprint density at radius 1 is 1.47 bits per heavy atom. The van der Waals surface area contributed by atoms with Gasteiger partial charge in [-0.1, -0.05) is 52.2 Å². The molecule has 1 aliphatic rings. The van der Waals surface area contributed by atoms with Gasteiger partial charge in [0.05, 0.1) is 5.60 Å². The van der Waals surface area contributed by atoms with Crippen LogP contribution in [0.3, 0.4) is 0 Å². The lowest BCUT2D eigenvalue weighted by molar-refractivity contribution is -0.122. The zero-order chi connectivity index (χ0) is 15.1. The van der Waals surface area contributed by atoms with Crippen LogP contribution in [-0.4, -0.2) is 16.5 Å². The number of hydrogen-bond donors (Lipinski definition) is 1. The van der Waals surface area contributed by atoms with Gasteiger partial charge in [-0.15, -0.1) is 0 Å². The SMILES string of the molecule is C=C/C=C\C(=C)/C=C1\CC(C)(O)C(C)CC1=O.CC. The molecule has 2 atom stereocenters. The third-order valence-corrected chi connectivity index (χ3v) is 3.27. The van der Waals surface area contributed by atoms with Crippen molar-refractivity contribution in [2.45, 2.75) is 46.1 Å². The Labute approximate surface area is 117 Å². The highest BCUT2D eigenvalue weighted by atomic mass is 16.3. The molecule has 2 heteroatoms. The number of carbonyl (C=O) groups is 1. The molecular weight excluding hydrogens is 236 g/mol. The summed E-state index contributed by atoms with van der Waals surface area (Å²) in [5.74, 6) is 0.112. The molecule has 0 amide bonds. The van der Waals surface area contributed by atoms with Gasteiger partial charge < -0.3 is 5.11 Å². The van der Waals surface area contributed by atoms with Crippen LogP contribution in [-0.2, 0) is 4.79 Å². The molecule has 0 aromatic rings. The fourth-order valence-electron chi connectivity index (χ4n) is 1.88. The molecule has 1 rings (SSSR count). The molecule has 0 aromatic carbocycles. The summed E-state index contributed by atoms with van der Waals surface area (Å²) in [7, 11) is 0. The molecule has 0 aliphatic heterocycles. The van der Waals surface area contributed by atoms with Crippen LogP contribution < -0.4 is 0 Å². The van der Waals surface area contributed by atoms with Crippen molar-refractivity contribution in [1.82, 2.24) is 0 Å². The average Bonchev–Trinajstić information content (AvgIpc) is 2.36. The smallest absolute Gasteiger partial charge is 0.159 e. The van der Waals surface area contributed by atoms with Gasteiger partial charge in [-0.3, -0.25) is 4.79 Å². The minimum Gasteiger partial charge on any atom is -0.390 e. The van der Waals surface area contributed by atoms with Crippen LogP contribution in [0.1, 0.15) is 40.5 Å². The van der Waals surface area contributed by atoms with E-state index in [2.05, 4.69) is 13.2 Å². The molecule has 0 radical (unpaired) electrons. The second-order valence-corrected chi connectivity index (χ2v) is 4.90. The van der Waals surface area contributed by atoms with Crippen LogP contribution in [0.15, 0.2) is 48.6 Å². The third-order valence-electron chi connectivity index (χ3n) is 3.27. The zero-order valence-corrected chi connectivity index (χ0v) is 12.6. The number of carbonyl (C=O) groups excluding carboxylic acids is 1. The normalized spacial score (nSPS) is 29.0. The van der Waals surface area contributed by atoms with E-state index in [1.54, 1.807) is 31.2 Å². The van der Waals surface area contributed by atoms with E-state index in [0.29, 0.717) is 18.4 Å². The molecule has 19 heavy (non-hydrogen) atoms. The summed E-state index contributed by atoms with van der Waals surface area (Å²) in [6.45, 7) is 15.1. The summed E-state index contributed by atoms with van der Waals surface area (Å²) in [5, 5.41) is 10.2. The van der Waals surface area contributed by atoms with Crippen molar-refractivity contribution in [3.8, 4) is 0 Å². The van der Waals surface area contributed by atoms with Gasteiger partial charge in [0, 0.05) is 12.8 Å². The van der Waals surface area contributed by atoms with Crippen LogP contribution in [0.5, 0.6) is 0 Å². The first-order chi connectivity index (χ1) is 8.86. The Hall–Kier alpha value is -1.41. The Bertz CT molecular complexity index is 397. The average molecular weight is 262 g/mol.